The Hall–Kier alpha value is -3.76. The first-order valence-electron chi connectivity index (χ1n) is 9.76. The molecular weight excluding hydrogens is 410 g/mol. The summed E-state index contributed by atoms with van der Waals surface area (Å²) in [5, 5.41) is 9.70. The fraction of sp³-hybridized carbons (Fsp3) is 0.167. The van der Waals surface area contributed by atoms with E-state index in [1.807, 2.05) is 42.5 Å². The number of rotatable bonds is 6. The molecule has 0 aliphatic heterocycles. The molecule has 0 aliphatic rings. The monoisotopic (exact) mass is 429 g/mol. The molecule has 2 heterocycles. The third-order valence-electron chi connectivity index (χ3n) is 5.05. The van der Waals surface area contributed by atoms with Gasteiger partial charge < -0.3 is 4.74 Å². The van der Waals surface area contributed by atoms with E-state index < -0.39 is 5.97 Å². The van der Waals surface area contributed by atoms with Crippen LogP contribution in [0.25, 0.3) is 10.2 Å². The lowest BCUT2D eigenvalue weighted by Gasteiger charge is -2.07. The molecule has 0 spiro atoms. The van der Waals surface area contributed by atoms with Crippen LogP contribution in [0.5, 0.6) is 0 Å². The summed E-state index contributed by atoms with van der Waals surface area (Å²) < 4.78 is 6.90. The highest BCUT2D eigenvalue weighted by Crippen LogP contribution is 2.27. The summed E-state index contributed by atoms with van der Waals surface area (Å²) in [5.74, 6) is -0.447. The summed E-state index contributed by atoms with van der Waals surface area (Å²) in [6.45, 7) is 2.24. The molecule has 0 amide bonds. The minimum atomic E-state index is -0.447. The standard InChI is InChI=1S/C24H19N3O3S/c1-16-20-22(31-21(16)24(29)30-12-11-17-7-3-2-4-8-17)26-15-27(23(20)28)14-19-10-6-5-9-18(19)13-25/h2-10,15H,11-12,14H2,1H3. The Bertz CT molecular complexity index is 1350. The minimum Gasteiger partial charge on any atom is -0.461 e. The first-order valence-corrected chi connectivity index (χ1v) is 10.6. The van der Waals surface area contributed by atoms with Crippen LogP contribution in [0.15, 0.2) is 65.7 Å². The Labute approximate surface area is 183 Å². The summed E-state index contributed by atoms with van der Waals surface area (Å²) >= 11 is 1.16. The van der Waals surface area contributed by atoms with Crippen LogP contribution in [-0.2, 0) is 17.7 Å². The van der Waals surface area contributed by atoms with Crippen molar-refractivity contribution in [2.24, 2.45) is 0 Å². The van der Waals surface area contributed by atoms with Gasteiger partial charge in [-0.25, -0.2) is 9.78 Å². The van der Waals surface area contributed by atoms with Crippen molar-refractivity contribution in [1.29, 1.82) is 5.26 Å². The smallest absolute Gasteiger partial charge is 0.348 e. The summed E-state index contributed by atoms with van der Waals surface area (Å²) in [7, 11) is 0. The predicted octanol–water partition coefficient (Wildman–Crippen LogP) is 4.09. The van der Waals surface area contributed by atoms with E-state index in [-0.39, 0.29) is 18.7 Å². The van der Waals surface area contributed by atoms with Crippen molar-refractivity contribution in [2.45, 2.75) is 19.9 Å². The van der Waals surface area contributed by atoms with Crippen LogP contribution in [-0.4, -0.2) is 22.1 Å². The molecule has 0 atom stereocenters. The molecule has 0 unspecified atom stereocenters. The quantitative estimate of drug-likeness (QED) is 0.431. The van der Waals surface area contributed by atoms with Gasteiger partial charge in [-0.1, -0.05) is 48.5 Å². The van der Waals surface area contributed by atoms with Crippen LogP contribution in [0.1, 0.15) is 31.9 Å². The lowest BCUT2D eigenvalue weighted by molar-refractivity contribution is 0.0514. The number of nitrogens with zero attached hydrogens (tertiary/aromatic N) is 3. The molecule has 154 valence electrons. The highest BCUT2D eigenvalue weighted by Gasteiger charge is 2.20. The molecule has 7 heteroatoms. The van der Waals surface area contributed by atoms with Crippen LogP contribution >= 0.6 is 11.3 Å². The van der Waals surface area contributed by atoms with Crippen molar-refractivity contribution < 1.29 is 9.53 Å². The minimum absolute atomic E-state index is 0.234. The molecule has 31 heavy (non-hydrogen) atoms. The normalized spacial score (nSPS) is 10.7. The number of hydrogen-bond donors (Lipinski definition) is 0. The van der Waals surface area contributed by atoms with Crippen LogP contribution in [0, 0.1) is 18.3 Å². The summed E-state index contributed by atoms with van der Waals surface area (Å²) in [4.78, 5) is 31.0. The number of carbonyl (C=O) groups is 1. The maximum atomic E-state index is 13.1. The van der Waals surface area contributed by atoms with Crippen molar-refractivity contribution in [3.05, 3.63) is 98.4 Å². The van der Waals surface area contributed by atoms with E-state index in [1.165, 1.54) is 10.9 Å². The molecular formula is C24H19N3O3S. The first kappa shape index (κ1) is 20.5. The number of aryl methyl sites for hydroxylation is 1. The molecule has 0 N–H and O–H groups in total. The van der Waals surface area contributed by atoms with Crippen molar-refractivity contribution in [3.8, 4) is 6.07 Å². The fourth-order valence-corrected chi connectivity index (χ4v) is 4.42. The molecule has 0 fully saturated rings. The Morgan fingerprint density at radius 3 is 2.68 bits per heavy atom. The zero-order valence-corrected chi connectivity index (χ0v) is 17.7. The predicted molar refractivity (Wildman–Crippen MR) is 119 cm³/mol. The van der Waals surface area contributed by atoms with Gasteiger partial charge >= 0.3 is 5.97 Å². The zero-order chi connectivity index (χ0) is 21.8. The Kier molecular flexibility index (Phi) is 5.92. The van der Waals surface area contributed by atoms with Crippen molar-refractivity contribution in [1.82, 2.24) is 9.55 Å². The second kappa shape index (κ2) is 8.94. The number of aromatic nitrogens is 2. The summed E-state index contributed by atoms with van der Waals surface area (Å²) in [6.07, 6.45) is 2.08. The molecule has 0 saturated carbocycles. The number of carbonyl (C=O) groups excluding carboxylic acids is 1. The number of nitriles is 1. The number of fused-ring (bicyclic) bond motifs is 1. The van der Waals surface area contributed by atoms with E-state index >= 15 is 0 Å². The first-order chi connectivity index (χ1) is 15.1. The lowest BCUT2D eigenvalue weighted by Crippen LogP contribution is -2.21. The summed E-state index contributed by atoms with van der Waals surface area (Å²) in [6, 6.07) is 19.1. The fourth-order valence-electron chi connectivity index (χ4n) is 3.39. The maximum Gasteiger partial charge on any atom is 0.348 e. The molecule has 4 aromatic rings. The SMILES string of the molecule is Cc1c(C(=O)OCCc2ccccc2)sc2ncn(Cc3ccccc3C#N)c(=O)c12. The van der Waals surface area contributed by atoms with E-state index in [1.54, 1.807) is 19.1 Å². The topological polar surface area (TPSA) is 85.0 Å². The molecule has 0 radical (unpaired) electrons. The van der Waals surface area contributed by atoms with Gasteiger partial charge in [-0.15, -0.1) is 11.3 Å². The lowest BCUT2D eigenvalue weighted by atomic mass is 10.1. The molecule has 0 aliphatic carbocycles. The van der Waals surface area contributed by atoms with Gasteiger partial charge in [0.2, 0.25) is 0 Å². The van der Waals surface area contributed by atoms with Crippen LogP contribution in [0.4, 0.5) is 0 Å². The van der Waals surface area contributed by atoms with Gasteiger partial charge in [0.1, 0.15) is 9.71 Å². The van der Waals surface area contributed by atoms with Gasteiger partial charge in [-0.05, 0) is 29.7 Å². The van der Waals surface area contributed by atoms with Crippen molar-refractivity contribution >= 4 is 27.5 Å². The third-order valence-corrected chi connectivity index (χ3v) is 6.23. The van der Waals surface area contributed by atoms with Crippen LogP contribution in [0.2, 0.25) is 0 Å². The zero-order valence-electron chi connectivity index (χ0n) is 16.9. The van der Waals surface area contributed by atoms with E-state index in [0.717, 1.165) is 22.5 Å². The molecule has 0 bridgehead atoms. The second-order valence-corrected chi connectivity index (χ2v) is 8.05. The van der Waals surface area contributed by atoms with Gasteiger partial charge in [0.15, 0.2) is 0 Å². The molecule has 2 aromatic carbocycles. The third kappa shape index (κ3) is 4.25. The Morgan fingerprint density at radius 2 is 1.90 bits per heavy atom. The van der Waals surface area contributed by atoms with Gasteiger partial charge in [0.05, 0.1) is 36.5 Å². The second-order valence-electron chi connectivity index (χ2n) is 7.05. The average molecular weight is 430 g/mol. The number of benzene rings is 2. The molecule has 6 nitrogen and oxygen atoms in total. The number of ether oxygens (including phenoxy) is 1. The molecule has 4 rings (SSSR count). The van der Waals surface area contributed by atoms with Gasteiger partial charge in [0, 0.05) is 6.42 Å². The molecule has 2 aromatic heterocycles. The van der Waals surface area contributed by atoms with Gasteiger partial charge in [-0.3, -0.25) is 9.36 Å². The number of esters is 1. The Balaban J connectivity index is 1.57. The maximum absolute atomic E-state index is 13.1. The van der Waals surface area contributed by atoms with Crippen molar-refractivity contribution in [3.63, 3.8) is 0 Å². The number of thiophene rings is 1. The van der Waals surface area contributed by atoms with Crippen molar-refractivity contribution in [2.75, 3.05) is 6.61 Å². The van der Waals surface area contributed by atoms with Gasteiger partial charge in [-0.2, -0.15) is 5.26 Å². The van der Waals surface area contributed by atoms with E-state index in [9.17, 15) is 14.9 Å². The van der Waals surface area contributed by atoms with E-state index in [4.69, 9.17) is 4.74 Å². The number of hydrogen-bond acceptors (Lipinski definition) is 6. The van der Waals surface area contributed by atoms with E-state index in [0.29, 0.717) is 32.6 Å². The van der Waals surface area contributed by atoms with Gasteiger partial charge in [0.25, 0.3) is 5.56 Å². The molecule has 0 saturated heterocycles. The van der Waals surface area contributed by atoms with Crippen LogP contribution in [0.3, 0.4) is 0 Å². The average Bonchev–Trinajstić information content (AvgIpc) is 3.14. The Morgan fingerprint density at radius 1 is 1.16 bits per heavy atom. The highest BCUT2D eigenvalue weighted by molar-refractivity contribution is 7.20. The highest BCUT2D eigenvalue weighted by atomic mass is 32.1. The van der Waals surface area contributed by atoms with Crippen LogP contribution < -0.4 is 5.56 Å². The van der Waals surface area contributed by atoms with E-state index in [2.05, 4.69) is 11.1 Å². The summed E-state index contributed by atoms with van der Waals surface area (Å²) in [5.41, 5.74) is 2.67. The largest absolute Gasteiger partial charge is 0.461 e.